The van der Waals surface area contributed by atoms with Gasteiger partial charge in [0.05, 0.1) is 5.41 Å². The third kappa shape index (κ3) is 2.28. The fourth-order valence-electron chi connectivity index (χ4n) is 1.96. The standard InChI is InChI=1S/C11H18N2O3/c1-2-7-5-8(7)13-10(16)12-6-11(3-4-11)9(14)15/h7-8H,2-6H2,1H3,(H,14,15)(H2,12,13,16). The topological polar surface area (TPSA) is 78.4 Å². The maximum atomic E-state index is 11.4. The average Bonchev–Trinajstić information content (AvgIpc) is 3.11. The highest BCUT2D eigenvalue weighted by molar-refractivity contribution is 5.80. The zero-order chi connectivity index (χ0) is 11.8. The minimum Gasteiger partial charge on any atom is -0.481 e. The summed E-state index contributed by atoms with van der Waals surface area (Å²) in [4.78, 5) is 22.3. The van der Waals surface area contributed by atoms with Gasteiger partial charge in [0.15, 0.2) is 0 Å². The molecule has 5 heteroatoms. The van der Waals surface area contributed by atoms with E-state index in [0.717, 1.165) is 12.8 Å². The predicted octanol–water partition coefficient (Wildman–Crippen LogP) is 0.949. The van der Waals surface area contributed by atoms with E-state index in [4.69, 9.17) is 5.11 Å². The van der Waals surface area contributed by atoms with Gasteiger partial charge < -0.3 is 15.7 Å². The normalized spacial score (nSPS) is 29.3. The number of amides is 2. The zero-order valence-electron chi connectivity index (χ0n) is 9.45. The molecule has 0 aliphatic heterocycles. The molecule has 2 saturated carbocycles. The summed E-state index contributed by atoms with van der Waals surface area (Å²) in [6.07, 6.45) is 3.48. The summed E-state index contributed by atoms with van der Waals surface area (Å²) in [5.41, 5.74) is -0.676. The molecule has 2 fully saturated rings. The van der Waals surface area contributed by atoms with Crippen LogP contribution in [-0.4, -0.2) is 29.7 Å². The summed E-state index contributed by atoms with van der Waals surface area (Å²) in [5, 5.41) is 14.4. The molecule has 2 rings (SSSR count). The molecule has 0 spiro atoms. The van der Waals surface area contributed by atoms with Gasteiger partial charge in [-0.05, 0) is 25.2 Å². The Morgan fingerprint density at radius 2 is 2.12 bits per heavy atom. The third-order valence-corrected chi connectivity index (χ3v) is 3.66. The molecule has 16 heavy (non-hydrogen) atoms. The summed E-state index contributed by atoms with van der Waals surface area (Å²) >= 11 is 0. The van der Waals surface area contributed by atoms with Crippen LogP contribution >= 0.6 is 0 Å². The molecule has 90 valence electrons. The molecule has 3 N–H and O–H groups in total. The number of urea groups is 1. The highest BCUT2D eigenvalue weighted by Crippen LogP contribution is 2.45. The number of rotatable bonds is 5. The van der Waals surface area contributed by atoms with Crippen molar-refractivity contribution in [1.82, 2.24) is 10.6 Å². The molecule has 2 amide bonds. The van der Waals surface area contributed by atoms with Gasteiger partial charge in [0.2, 0.25) is 0 Å². The maximum absolute atomic E-state index is 11.4. The Morgan fingerprint density at radius 3 is 2.56 bits per heavy atom. The van der Waals surface area contributed by atoms with Crippen molar-refractivity contribution >= 4 is 12.0 Å². The highest BCUT2D eigenvalue weighted by atomic mass is 16.4. The van der Waals surface area contributed by atoms with Crippen LogP contribution in [0.4, 0.5) is 4.79 Å². The second kappa shape index (κ2) is 3.96. The number of hydrogen-bond acceptors (Lipinski definition) is 2. The first-order valence-electron chi connectivity index (χ1n) is 5.85. The number of carbonyl (C=O) groups is 2. The third-order valence-electron chi connectivity index (χ3n) is 3.66. The van der Waals surface area contributed by atoms with E-state index in [-0.39, 0.29) is 12.6 Å². The van der Waals surface area contributed by atoms with Crippen molar-refractivity contribution in [3.8, 4) is 0 Å². The van der Waals surface area contributed by atoms with Gasteiger partial charge in [-0.25, -0.2) is 4.79 Å². The number of nitrogens with one attached hydrogen (secondary N) is 2. The molecule has 0 radical (unpaired) electrons. The molecule has 2 aliphatic rings. The molecular weight excluding hydrogens is 208 g/mol. The van der Waals surface area contributed by atoms with E-state index in [1.807, 2.05) is 0 Å². The minimum atomic E-state index is -0.800. The van der Waals surface area contributed by atoms with Gasteiger partial charge in [-0.3, -0.25) is 4.79 Å². The van der Waals surface area contributed by atoms with Crippen molar-refractivity contribution in [2.45, 2.75) is 38.6 Å². The van der Waals surface area contributed by atoms with Crippen molar-refractivity contribution < 1.29 is 14.7 Å². The van der Waals surface area contributed by atoms with Crippen LogP contribution in [0.5, 0.6) is 0 Å². The molecule has 2 unspecified atom stereocenters. The largest absolute Gasteiger partial charge is 0.481 e. The van der Waals surface area contributed by atoms with Crippen LogP contribution in [0.2, 0.25) is 0 Å². The second-order valence-corrected chi connectivity index (χ2v) is 4.92. The zero-order valence-corrected chi connectivity index (χ0v) is 9.45. The summed E-state index contributed by atoms with van der Waals surface area (Å²) in [5.74, 6) is -0.189. The Labute approximate surface area is 94.6 Å². The van der Waals surface area contributed by atoms with E-state index >= 15 is 0 Å². The smallest absolute Gasteiger partial charge is 0.315 e. The van der Waals surface area contributed by atoms with E-state index in [1.54, 1.807) is 0 Å². The number of carboxylic acids is 1. The molecule has 0 aromatic heterocycles. The molecule has 0 saturated heterocycles. The Bertz CT molecular complexity index is 312. The Hall–Kier alpha value is -1.26. The van der Waals surface area contributed by atoms with Gasteiger partial charge >= 0.3 is 12.0 Å². The molecule has 5 nitrogen and oxygen atoms in total. The number of carbonyl (C=O) groups excluding carboxylic acids is 1. The summed E-state index contributed by atoms with van der Waals surface area (Å²) in [6, 6.07) is 0.0680. The lowest BCUT2D eigenvalue weighted by Crippen LogP contribution is -2.41. The molecule has 0 aromatic carbocycles. The van der Waals surface area contributed by atoms with Crippen LogP contribution < -0.4 is 10.6 Å². The van der Waals surface area contributed by atoms with Crippen molar-refractivity contribution in [1.29, 1.82) is 0 Å². The van der Waals surface area contributed by atoms with E-state index in [0.29, 0.717) is 24.8 Å². The summed E-state index contributed by atoms with van der Waals surface area (Å²) < 4.78 is 0. The van der Waals surface area contributed by atoms with Gasteiger partial charge in [0, 0.05) is 12.6 Å². The van der Waals surface area contributed by atoms with Crippen molar-refractivity contribution in [3.05, 3.63) is 0 Å². The van der Waals surface area contributed by atoms with E-state index in [2.05, 4.69) is 17.6 Å². The molecular formula is C11H18N2O3. The lowest BCUT2D eigenvalue weighted by atomic mass is 10.1. The predicted molar refractivity (Wildman–Crippen MR) is 58.0 cm³/mol. The lowest BCUT2D eigenvalue weighted by molar-refractivity contribution is -0.143. The molecule has 2 aliphatic carbocycles. The van der Waals surface area contributed by atoms with Crippen LogP contribution in [0.25, 0.3) is 0 Å². The van der Waals surface area contributed by atoms with Gasteiger partial charge in [0.1, 0.15) is 0 Å². The van der Waals surface area contributed by atoms with E-state index < -0.39 is 11.4 Å². The van der Waals surface area contributed by atoms with Crippen molar-refractivity contribution in [2.24, 2.45) is 11.3 Å². The maximum Gasteiger partial charge on any atom is 0.315 e. The highest BCUT2D eigenvalue weighted by Gasteiger charge is 2.50. The van der Waals surface area contributed by atoms with Crippen LogP contribution in [0.1, 0.15) is 32.6 Å². The first-order valence-corrected chi connectivity index (χ1v) is 5.85. The van der Waals surface area contributed by atoms with Gasteiger partial charge in [-0.1, -0.05) is 13.3 Å². The van der Waals surface area contributed by atoms with Gasteiger partial charge in [0.25, 0.3) is 0 Å². The van der Waals surface area contributed by atoms with Gasteiger partial charge in [-0.2, -0.15) is 0 Å². The van der Waals surface area contributed by atoms with E-state index in [9.17, 15) is 9.59 Å². The number of aliphatic carboxylic acids is 1. The number of carboxylic acid groups (broad SMARTS) is 1. The van der Waals surface area contributed by atoms with E-state index in [1.165, 1.54) is 0 Å². The summed E-state index contributed by atoms with van der Waals surface area (Å²) in [6.45, 7) is 2.35. The van der Waals surface area contributed by atoms with Crippen LogP contribution in [-0.2, 0) is 4.79 Å². The first kappa shape index (κ1) is 11.2. The molecule has 2 atom stereocenters. The van der Waals surface area contributed by atoms with Gasteiger partial charge in [-0.15, -0.1) is 0 Å². The second-order valence-electron chi connectivity index (χ2n) is 4.92. The fraction of sp³-hybridized carbons (Fsp3) is 0.818. The Balaban J connectivity index is 1.67. The minimum absolute atomic E-state index is 0.228. The van der Waals surface area contributed by atoms with Crippen molar-refractivity contribution in [2.75, 3.05) is 6.54 Å². The summed E-state index contributed by atoms with van der Waals surface area (Å²) in [7, 11) is 0. The molecule has 0 aromatic rings. The fourth-order valence-corrected chi connectivity index (χ4v) is 1.96. The first-order chi connectivity index (χ1) is 7.57. The molecule has 0 heterocycles. The van der Waals surface area contributed by atoms with Crippen LogP contribution in [0, 0.1) is 11.3 Å². The van der Waals surface area contributed by atoms with Crippen LogP contribution in [0.15, 0.2) is 0 Å². The van der Waals surface area contributed by atoms with Crippen LogP contribution in [0.3, 0.4) is 0 Å². The quantitative estimate of drug-likeness (QED) is 0.653. The SMILES string of the molecule is CCC1CC1NC(=O)NCC1(C(=O)O)CC1. The monoisotopic (exact) mass is 226 g/mol. The average molecular weight is 226 g/mol. The molecule has 0 bridgehead atoms. The Kier molecular flexibility index (Phi) is 2.78. The van der Waals surface area contributed by atoms with Crippen molar-refractivity contribution in [3.63, 3.8) is 0 Å². The lowest BCUT2D eigenvalue weighted by Gasteiger charge is -2.11. The number of hydrogen-bond donors (Lipinski definition) is 3. The Morgan fingerprint density at radius 1 is 1.44 bits per heavy atom.